The van der Waals surface area contributed by atoms with E-state index in [0.717, 1.165) is 25.6 Å². The van der Waals surface area contributed by atoms with Crippen LogP contribution in [0.1, 0.15) is 19.8 Å². The lowest BCUT2D eigenvalue weighted by atomic mass is 10.1. The second-order valence-electron chi connectivity index (χ2n) is 3.97. The molecule has 0 spiro atoms. The number of carbonyl (C=O) groups is 1. The molecule has 0 saturated carbocycles. The lowest BCUT2D eigenvalue weighted by Crippen LogP contribution is -2.29. The largest absolute Gasteiger partial charge is 0.370 e. The predicted octanol–water partition coefficient (Wildman–Crippen LogP) is -0.207. The predicted molar refractivity (Wildman–Crippen MR) is 56.9 cm³/mol. The summed E-state index contributed by atoms with van der Waals surface area (Å²) in [5.74, 6) is 0.530. The summed E-state index contributed by atoms with van der Waals surface area (Å²) in [7, 11) is 0. The van der Waals surface area contributed by atoms with Crippen molar-refractivity contribution in [2.24, 2.45) is 11.7 Å². The maximum Gasteiger partial charge on any atom is 0.218 e. The standard InChI is InChI=1S/C10H21N3O/c1-2-13-6-4-9(8-13)7-12-5-3-10(11)14/h9,12H,2-8H2,1H3,(H2,11,14). The van der Waals surface area contributed by atoms with Crippen molar-refractivity contribution in [1.29, 1.82) is 0 Å². The molecule has 1 unspecified atom stereocenters. The number of primary amides is 1. The molecule has 1 aliphatic rings. The first-order valence-corrected chi connectivity index (χ1v) is 5.43. The maximum absolute atomic E-state index is 10.5. The molecule has 0 aromatic carbocycles. The van der Waals surface area contributed by atoms with E-state index in [1.807, 2.05) is 0 Å². The monoisotopic (exact) mass is 199 g/mol. The van der Waals surface area contributed by atoms with Crippen LogP contribution in [0.5, 0.6) is 0 Å². The second kappa shape index (κ2) is 5.98. The zero-order valence-corrected chi connectivity index (χ0v) is 8.96. The van der Waals surface area contributed by atoms with Crippen molar-refractivity contribution in [2.45, 2.75) is 19.8 Å². The summed E-state index contributed by atoms with van der Waals surface area (Å²) in [6.45, 7) is 7.50. The molecule has 4 heteroatoms. The highest BCUT2D eigenvalue weighted by Crippen LogP contribution is 2.14. The Hall–Kier alpha value is -0.610. The summed E-state index contributed by atoms with van der Waals surface area (Å²) in [6, 6.07) is 0. The number of likely N-dealkylation sites (tertiary alicyclic amines) is 1. The van der Waals surface area contributed by atoms with Crippen LogP contribution < -0.4 is 11.1 Å². The Bertz CT molecular complexity index is 184. The molecule has 1 rings (SSSR count). The van der Waals surface area contributed by atoms with Crippen molar-refractivity contribution < 1.29 is 4.79 Å². The zero-order chi connectivity index (χ0) is 10.4. The zero-order valence-electron chi connectivity index (χ0n) is 8.96. The smallest absolute Gasteiger partial charge is 0.218 e. The molecule has 0 bridgehead atoms. The van der Waals surface area contributed by atoms with Gasteiger partial charge in [-0.3, -0.25) is 4.79 Å². The van der Waals surface area contributed by atoms with Crippen LogP contribution in [-0.2, 0) is 4.79 Å². The summed E-state index contributed by atoms with van der Waals surface area (Å²) in [5, 5.41) is 3.28. The fourth-order valence-electron chi connectivity index (χ4n) is 1.88. The van der Waals surface area contributed by atoms with E-state index in [1.165, 1.54) is 19.5 Å². The first-order chi connectivity index (χ1) is 6.72. The van der Waals surface area contributed by atoms with Crippen molar-refractivity contribution >= 4 is 5.91 Å². The third kappa shape index (κ3) is 4.07. The van der Waals surface area contributed by atoms with Crippen molar-refractivity contribution in [2.75, 3.05) is 32.7 Å². The minimum Gasteiger partial charge on any atom is -0.370 e. The van der Waals surface area contributed by atoms with E-state index in [9.17, 15) is 4.79 Å². The molecular weight excluding hydrogens is 178 g/mol. The average Bonchev–Trinajstić information content (AvgIpc) is 2.60. The third-order valence-corrected chi connectivity index (χ3v) is 2.80. The van der Waals surface area contributed by atoms with Crippen LogP contribution in [0.2, 0.25) is 0 Å². The second-order valence-corrected chi connectivity index (χ2v) is 3.97. The van der Waals surface area contributed by atoms with Crippen LogP contribution in [0.25, 0.3) is 0 Å². The molecule has 0 radical (unpaired) electrons. The van der Waals surface area contributed by atoms with Crippen LogP contribution in [0.15, 0.2) is 0 Å². The highest BCUT2D eigenvalue weighted by molar-refractivity contribution is 5.73. The first kappa shape index (κ1) is 11.5. The summed E-state index contributed by atoms with van der Waals surface area (Å²) < 4.78 is 0. The Balaban J connectivity index is 2.00. The number of amides is 1. The van der Waals surface area contributed by atoms with Crippen LogP contribution in [-0.4, -0.2) is 43.5 Å². The maximum atomic E-state index is 10.5. The van der Waals surface area contributed by atoms with E-state index in [2.05, 4.69) is 17.1 Å². The molecule has 1 atom stereocenters. The molecule has 14 heavy (non-hydrogen) atoms. The average molecular weight is 199 g/mol. The highest BCUT2D eigenvalue weighted by atomic mass is 16.1. The molecule has 0 aliphatic carbocycles. The fourth-order valence-corrected chi connectivity index (χ4v) is 1.88. The molecular formula is C10H21N3O. The third-order valence-electron chi connectivity index (χ3n) is 2.80. The molecule has 1 aliphatic heterocycles. The molecule has 4 nitrogen and oxygen atoms in total. The summed E-state index contributed by atoms with van der Waals surface area (Å²) >= 11 is 0. The number of carbonyl (C=O) groups excluding carboxylic acids is 1. The number of hydrogen-bond donors (Lipinski definition) is 2. The normalized spacial score (nSPS) is 22.8. The molecule has 0 aromatic heterocycles. The molecule has 1 saturated heterocycles. The van der Waals surface area contributed by atoms with Crippen LogP contribution in [0, 0.1) is 5.92 Å². The fraction of sp³-hybridized carbons (Fsp3) is 0.900. The number of nitrogens with one attached hydrogen (secondary N) is 1. The van der Waals surface area contributed by atoms with Gasteiger partial charge in [-0.1, -0.05) is 6.92 Å². The lowest BCUT2D eigenvalue weighted by molar-refractivity contribution is -0.117. The number of nitrogens with two attached hydrogens (primary N) is 1. The van der Waals surface area contributed by atoms with E-state index in [1.54, 1.807) is 0 Å². The highest BCUT2D eigenvalue weighted by Gasteiger charge is 2.20. The Labute approximate surface area is 85.8 Å². The Kier molecular flexibility index (Phi) is 4.90. The molecule has 3 N–H and O–H groups in total. The molecule has 1 heterocycles. The molecule has 82 valence electrons. The van der Waals surface area contributed by atoms with Gasteiger partial charge in [-0.05, 0) is 32.0 Å². The van der Waals surface area contributed by atoms with Gasteiger partial charge in [0.15, 0.2) is 0 Å². The van der Waals surface area contributed by atoms with Crippen molar-refractivity contribution in [3.8, 4) is 0 Å². The lowest BCUT2D eigenvalue weighted by Gasteiger charge is -2.13. The van der Waals surface area contributed by atoms with E-state index >= 15 is 0 Å². The van der Waals surface area contributed by atoms with Crippen molar-refractivity contribution in [3.63, 3.8) is 0 Å². The van der Waals surface area contributed by atoms with Gasteiger partial charge in [0.1, 0.15) is 0 Å². The van der Waals surface area contributed by atoms with Gasteiger partial charge in [-0.25, -0.2) is 0 Å². The van der Waals surface area contributed by atoms with Gasteiger partial charge < -0.3 is 16.0 Å². The van der Waals surface area contributed by atoms with E-state index < -0.39 is 0 Å². The van der Waals surface area contributed by atoms with Crippen molar-refractivity contribution in [3.05, 3.63) is 0 Å². The molecule has 1 fully saturated rings. The number of rotatable bonds is 6. The Morgan fingerprint density at radius 1 is 1.64 bits per heavy atom. The topological polar surface area (TPSA) is 58.4 Å². The first-order valence-electron chi connectivity index (χ1n) is 5.43. The Morgan fingerprint density at radius 3 is 3.00 bits per heavy atom. The minimum atomic E-state index is -0.223. The van der Waals surface area contributed by atoms with Gasteiger partial charge in [0.2, 0.25) is 5.91 Å². The van der Waals surface area contributed by atoms with Crippen LogP contribution >= 0.6 is 0 Å². The SMILES string of the molecule is CCN1CCC(CNCCC(N)=O)C1. The molecule has 0 aromatic rings. The summed E-state index contributed by atoms with van der Waals surface area (Å²) in [4.78, 5) is 12.9. The van der Waals surface area contributed by atoms with Crippen molar-refractivity contribution in [1.82, 2.24) is 10.2 Å². The molecule has 1 amide bonds. The number of nitrogens with zero attached hydrogens (tertiary/aromatic N) is 1. The Morgan fingerprint density at radius 2 is 2.43 bits per heavy atom. The van der Waals surface area contributed by atoms with Crippen LogP contribution in [0.3, 0.4) is 0 Å². The van der Waals surface area contributed by atoms with Gasteiger partial charge in [0.25, 0.3) is 0 Å². The van der Waals surface area contributed by atoms with Gasteiger partial charge >= 0.3 is 0 Å². The van der Waals surface area contributed by atoms with Gasteiger partial charge in [0, 0.05) is 19.5 Å². The summed E-state index contributed by atoms with van der Waals surface area (Å²) in [6.07, 6.45) is 1.72. The van der Waals surface area contributed by atoms with Gasteiger partial charge in [-0.2, -0.15) is 0 Å². The van der Waals surface area contributed by atoms with Crippen LogP contribution in [0.4, 0.5) is 0 Å². The van der Waals surface area contributed by atoms with E-state index in [0.29, 0.717) is 6.42 Å². The van der Waals surface area contributed by atoms with E-state index in [-0.39, 0.29) is 5.91 Å². The summed E-state index contributed by atoms with van der Waals surface area (Å²) in [5.41, 5.74) is 5.04. The van der Waals surface area contributed by atoms with Gasteiger partial charge in [-0.15, -0.1) is 0 Å². The quantitative estimate of drug-likeness (QED) is 0.582. The number of hydrogen-bond acceptors (Lipinski definition) is 3. The van der Waals surface area contributed by atoms with E-state index in [4.69, 9.17) is 5.73 Å². The minimum absolute atomic E-state index is 0.223. The van der Waals surface area contributed by atoms with Gasteiger partial charge in [0.05, 0.1) is 0 Å².